The summed E-state index contributed by atoms with van der Waals surface area (Å²) >= 11 is 3.10. The number of carbonyl (C=O) groups is 1. The van der Waals surface area contributed by atoms with Gasteiger partial charge in [0, 0.05) is 16.5 Å². The highest BCUT2D eigenvalue weighted by Gasteiger charge is 2.18. The maximum absolute atomic E-state index is 13.1. The number of rotatable bonds is 4. The molecule has 1 aromatic rings. The lowest BCUT2D eigenvalue weighted by molar-refractivity contribution is -0.136. The zero-order valence-electron chi connectivity index (χ0n) is 8.46. The maximum atomic E-state index is 13.1. The van der Waals surface area contributed by atoms with Crippen LogP contribution in [0.5, 0.6) is 11.5 Å². The van der Waals surface area contributed by atoms with Gasteiger partial charge in [0.2, 0.25) is 0 Å². The average Bonchev–Trinajstić information content (AvgIpc) is 2.21. The number of benzene rings is 1. The van der Waals surface area contributed by atoms with Crippen molar-refractivity contribution in [2.75, 3.05) is 7.11 Å². The van der Waals surface area contributed by atoms with Gasteiger partial charge in [0.1, 0.15) is 0 Å². The van der Waals surface area contributed by atoms with Crippen molar-refractivity contribution in [1.29, 1.82) is 0 Å². The van der Waals surface area contributed by atoms with Crippen LogP contribution in [-0.4, -0.2) is 23.3 Å². The molecule has 0 aliphatic rings. The molecule has 0 aliphatic heterocycles. The molecule has 0 atom stereocenters. The zero-order valence-corrected chi connectivity index (χ0v) is 10.0. The first-order valence-electron chi connectivity index (χ1n) is 4.43. The molecule has 0 bridgehead atoms. The molecule has 0 radical (unpaired) electrons. The van der Waals surface area contributed by atoms with Gasteiger partial charge in [-0.25, -0.2) is 4.39 Å². The van der Waals surface area contributed by atoms with Crippen molar-refractivity contribution >= 4 is 21.9 Å². The number of methoxy groups -OCH3 is 1. The third-order valence-electron chi connectivity index (χ3n) is 2.05. The van der Waals surface area contributed by atoms with Crippen molar-refractivity contribution in [3.63, 3.8) is 0 Å². The van der Waals surface area contributed by atoms with E-state index in [-0.39, 0.29) is 18.6 Å². The van der Waals surface area contributed by atoms with Gasteiger partial charge in [0.15, 0.2) is 17.3 Å². The number of carboxylic acid groups (broad SMARTS) is 1. The van der Waals surface area contributed by atoms with E-state index in [1.807, 2.05) is 0 Å². The lowest BCUT2D eigenvalue weighted by Gasteiger charge is -2.12. The standard InChI is InChI=1S/C10H10BrFO4/c1-16-10-5(2-3-8(13)14)6(11)4-7(12)9(10)15/h4,15H,2-3H2,1H3,(H,13,14). The molecule has 88 valence electrons. The third-order valence-corrected chi connectivity index (χ3v) is 2.76. The molecule has 2 N–H and O–H groups in total. The monoisotopic (exact) mass is 292 g/mol. The Labute approximate surface area is 99.8 Å². The first-order chi connectivity index (χ1) is 7.47. The van der Waals surface area contributed by atoms with Crippen LogP contribution in [0.3, 0.4) is 0 Å². The fourth-order valence-corrected chi connectivity index (χ4v) is 1.89. The minimum atomic E-state index is -0.974. The number of aromatic hydroxyl groups is 1. The summed E-state index contributed by atoms with van der Waals surface area (Å²) in [4.78, 5) is 10.4. The van der Waals surface area contributed by atoms with Crippen molar-refractivity contribution in [3.8, 4) is 11.5 Å². The van der Waals surface area contributed by atoms with Crippen LogP contribution in [0.4, 0.5) is 4.39 Å². The molecule has 6 heteroatoms. The van der Waals surface area contributed by atoms with E-state index in [2.05, 4.69) is 15.9 Å². The third kappa shape index (κ3) is 2.63. The summed E-state index contributed by atoms with van der Waals surface area (Å²) in [5, 5.41) is 18.0. The number of aliphatic carboxylic acids is 1. The highest BCUT2D eigenvalue weighted by Crippen LogP contribution is 2.38. The summed E-state index contributed by atoms with van der Waals surface area (Å²) in [5.41, 5.74) is 0.434. The minimum absolute atomic E-state index is 0.0341. The molecule has 0 amide bonds. The van der Waals surface area contributed by atoms with E-state index in [4.69, 9.17) is 9.84 Å². The fraction of sp³-hybridized carbons (Fsp3) is 0.300. The van der Waals surface area contributed by atoms with Crippen LogP contribution in [0.1, 0.15) is 12.0 Å². The van der Waals surface area contributed by atoms with Crippen molar-refractivity contribution in [2.45, 2.75) is 12.8 Å². The Bertz CT molecular complexity index is 420. The molecule has 1 aromatic carbocycles. The Morgan fingerprint density at radius 3 is 2.75 bits per heavy atom. The van der Waals surface area contributed by atoms with Crippen molar-refractivity contribution in [1.82, 2.24) is 0 Å². The van der Waals surface area contributed by atoms with Gasteiger partial charge in [-0.1, -0.05) is 15.9 Å². The van der Waals surface area contributed by atoms with Crippen molar-refractivity contribution in [3.05, 3.63) is 21.9 Å². The summed E-state index contributed by atoms with van der Waals surface area (Å²) in [6.45, 7) is 0. The number of phenolic OH excluding ortho intramolecular Hbond substituents is 1. The van der Waals surface area contributed by atoms with E-state index < -0.39 is 17.5 Å². The molecule has 0 heterocycles. The van der Waals surface area contributed by atoms with Crippen LogP contribution in [-0.2, 0) is 11.2 Å². The lowest BCUT2D eigenvalue weighted by Crippen LogP contribution is -2.01. The largest absolute Gasteiger partial charge is 0.502 e. The second kappa shape index (κ2) is 5.16. The smallest absolute Gasteiger partial charge is 0.303 e. The molecule has 0 aliphatic carbocycles. The molecular formula is C10H10BrFO4. The Balaban J connectivity index is 3.15. The number of halogens is 2. The lowest BCUT2D eigenvalue weighted by atomic mass is 10.1. The molecule has 1 rings (SSSR count). The number of phenols is 1. The van der Waals surface area contributed by atoms with E-state index >= 15 is 0 Å². The Morgan fingerprint density at radius 1 is 1.62 bits per heavy atom. The van der Waals surface area contributed by atoms with Crippen LogP contribution in [0, 0.1) is 5.82 Å². The SMILES string of the molecule is COc1c(O)c(F)cc(Br)c1CCC(=O)O. The van der Waals surface area contributed by atoms with Gasteiger partial charge in [-0.2, -0.15) is 0 Å². The van der Waals surface area contributed by atoms with E-state index in [1.54, 1.807) is 0 Å². The predicted molar refractivity (Wildman–Crippen MR) is 58.3 cm³/mol. The molecule has 0 saturated carbocycles. The molecule has 0 saturated heterocycles. The Morgan fingerprint density at radius 2 is 2.25 bits per heavy atom. The normalized spacial score (nSPS) is 10.2. The van der Waals surface area contributed by atoms with Crippen LogP contribution in [0.15, 0.2) is 10.5 Å². The van der Waals surface area contributed by atoms with E-state index in [0.29, 0.717) is 10.0 Å². The van der Waals surface area contributed by atoms with Gasteiger partial charge < -0.3 is 14.9 Å². The predicted octanol–water partition coefficient (Wildman–Crippen LogP) is 2.32. The molecule has 0 unspecified atom stereocenters. The van der Waals surface area contributed by atoms with Crippen LogP contribution >= 0.6 is 15.9 Å². The van der Waals surface area contributed by atoms with Gasteiger partial charge >= 0.3 is 5.97 Å². The van der Waals surface area contributed by atoms with Gasteiger partial charge in [-0.15, -0.1) is 0 Å². The van der Waals surface area contributed by atoms with Gasteiger partial charge in [-0.3, -0.25) is 4.79 Å². The number of hydrogen-bond donors (Lipinski definition) is 2. The molecule has 0 fully saturated rings. The molecule has 4 nitrogen and oxygen atoms in total. The minimum Gasteiger partial charge on any atom is -0.502 e. The Hall–Kier alpha value is -1.30. The van der Waals surface area contributed by atoms with E-state index in [0.717, 1.165) is 6.07 Å². The number of ether oxygens (including phenoxy) is 1. The summed E-state index contributed by atoms with van der Waals surface area (Å²) in [7, 11) is 1.28. The topological polar surface area (TPSA) is 66.8 Å². The fourth-order valence-electron chi connectivity index (χ4n) is 1.31. The second-order valence-corrected chi connectivity index (χ2v) is 3.95. The van der Waals surface area contributed by atoms with Gasteiger partial charge in [0.25, 0.3) is 0 Å². The van der Waals surface area contributed by atoms with Crippen LogP contribution in [0.2, 0.25) is 0 Å². The quantitative estimate of drug-likeness (QED) is 0.894. The van der Waals surface area contributed by atoms with Gasteiger partial charge in [0.05, 0.1) is 7.11 Å². The first kappa shape index (κ1) is 12.8. The van der Waals surface area contributed by atoms with Crippen molar-refractivity contribution < 1.29 is 24.1 Å². The summed E-state index contributed by atoms with van der Waals surface area (Å²) in [6.07, 6.45) is 0.0208. The van der Waals surface area contributed by atoms with Gasteiger partial charge in [-0.05, 0) is 12.5 Å². The average molecular weight is 293 g/mol. The highest BCUT2D eigenvalue weighted by molar-refractivity contribution is 9.10. The summed E-state index contributed by atoms with van der Waals surface area (Å²) < 4.78 is 18.4. The zero-order chi connectivity index (χ0) is 12.3. The first-order valence-corrected chi connectivity index (χ1v) is 5.22. The van der Waals surface area contributed by atoms with Crippen LogP contribution < -0.4 is 4.74 Å². The maximum Gasteiger partial charge on any atom is 0.303 e. The van der Waals surface area contributed by atoms with E-state index in [9.17, 15) is 14.3 Å². The van der Waals surface area contributed by atoms with E-state index in [1.165, 1.54) is 7.11 Å². The second-order valence-electron chi connectivity index (χ2n) is 3.09. The number of hydrogen-bond acceptors (Lipinski definition) is 3. The highest BCUT2D eigenvalue weighted by atomic mass is 79.9. The summed E-state index contributed by atoms with van der Waals surface area (Å²) in [6, 6.07) is 1.08. The molecular weight excluding hydrogens is 283 g/mol. The Kier molecular flexibility index (Phi) is 4.12. The van der Waals surface area contributed by atoms with Crippen LogP contribution in [0.25, 0.3) is 0 Å². The summed E-state index contributed by atoms with van der Waals surface area (Å²) in [5.74, 6) is -2.43. The van der Waals surface area contributed by atoms with Crippen molar-refractivity contribution in [2.24, 2.45) is 0 Å². The number of carboxylic acids is 1. The molecule has 0 aromatic heterocycles. The molecule has 16 heavy (non-hydrogen) atoms. The molecule has 0 spiro atoms.